The third-order valence-corrected chi connectivity index (χ3v) is 3.03. The quantitative estimate of drug-likeness (QED) is 0.844. The van der Waals surface area contributed by atoms with Crippen molar-refractivity contribution < 1.29 is 22.0 Å². The van der Waals surface area contributed by atoms with E-state index in [1.54, 1.807) is 0 Å². The number of nitrogens with two attached hydrogens (primary N) is 1. The van der Waals surface area contributed by atoms with E-state index in [1.807, 2.05) is 0 Å². The number of hydrogen-bond donors (Lipinski definition) is 1. The van der Waals surface area contributed by atoms with E-state index in [0.29, 0.717) is 10.4 Å². The molecule has 94 valence electrons. The Hall–Kier alpha value is -1.70. The van der Waals surface area contributed by atoms with E-state index in [9.17, 15) is 22.0 Å². The maximum Gasteiger partial charge on any atom is 0.238 e. The van der Waals surface area contributed by atoms with Gasteiger partial charge in [-0.05, 0) is 12.1 Å². The molecule has 0 saturated carbocycles. The first kappa shape index (κ1) is 13.4. The first-order valence-electron chi connectivity index (χ1n) is 4.43. The maximum absolute atomic E-state index is 13.0. The van der Waals surface area contributed by atoms with Gasteiger partial charge in [0.25, 0.3) is 0 Å². The molecule has 0 unspecified atom stereocenters. The normalized spacial score (nSPS) is 11.2. The highest BCUT2D eigenvalue weighted by atomic mass is 32.2. The van der Waals surface area contributed by atoms with Crippen LogP contribution in [0.2, 0.25) is 0 Å². The summed E-state index contributed by atoms with van der Waals surface area (Å²) >= 11 is 0. The van der Waals surface area contributed by atoms with E-state index >= 15 is 0 Å². The van der Waals surface area contributed by atoms with Crippen LogP contribution < -0.4 is 10.0 Å². The summed E-state index contributed by atoms with van der Waals surface area (Å²) in [5.41, 5.74) is 4.72. The highest BCUT2D eigenvalue weighted by molar-refractivity contribution is 7.92. The number of benzene rings is 1. The van der Waals surface area contributed by atoms with Crippen LogP contribution >= 0.6 is 0 Å². The van der Waals surface area contributed by atoms with E-state index in [2.05, 4.69) is 0 Å². The Kier molecular flexibility index (Phi) is 3.66. The van der Waals surface area contributed by atoms with Gasteiger partial charge in [-0.1, -0.05) is 0 Å². The van der Waals surface area contributed by atoms with Gasteiger partial charge in [-0.15, -0.1) is 0 Å². The first-order valence-corrected chi connectivity index (χ1v) is 6.27. The van der Waals surface area contributed by atoms with Crippen LogP contribution in [-0.2, 0) is 14.8 Å². The zero-order chi connectivity index (χ0) is 13.2. The summed E-state index contributed by atoms with van der Waals surface area (Å²) < 4.78 is 49.0. The molecule has 0 aliphatic rings. The predicted molar refractivity (Wildman–Crippen MR) is 57.7 cm³/mol. The topological polar surface area (TPSA) is 80.5 Å². The minimum Gasteiger partial charge on any atom is -0.368 e. The van der Waals surface area contributed by atoms with E-state index in [4.69, 9.17) is 5.73 Å². The van der Waals surface area contributed by atoms with Crippen LogP contribution in [0.1, 0.15) is 0 Å². The van der Waals surface area contributed by atoms with Crippen LogP contribution in [0.25, 0.3) is 0 Å². The monoisotopic (exact) mass is 264 g/mol. The van der Waals surface area contributed by atoms with Crippen molar-refractivity contribution in [3.8, 4) is 0 Å². The van der Waals surface area contributed by atoms with Crippen molar-refractivity contribution in [3.63, 3.8) is 0 Å². The van der Waals surface area contributed by atoms with Crippen LogP contribution in [0.15, 0.2) is 18.2 Å². The van der Waals surface area contributed by atoms with Crippen molar-refractivity contribution in [2.75, 3.05) is 17.1 Å². The molecule has 0 aromatic heterocycles. The second-order valence-corrected chi connectivity index (χ2v) is 5.24. The van der Waals surface area contributed by atoms with Crippen molar-refractivity contribution in [2.24, 2.45) is 5.73 Å². The molecule has 0 fully saturated rings. The molecule has 1 aromatic carbocycles. The molecule has 0 aliphatic carbocycles. The summed E-state index contributed by atoms with van der Waals surface area (Å²) in [6.07, 6.45) is 0.831. The molecule has 2 N–H and O–H groups in total. The number of sulfonamides is 1. The van der Waals surface area contributed by atoms with Gasteiger partial charge in [-0.3, -0.25) is 9.10 Å². The largest absolute Gasteiger partial charge is 0.368 e. The lowest BCUT2D eigenvalue weighted by atomic mass is 10.3. The number of rotatable bonds is 4. The molecule has 0 aliphatic heterocycles. The lowest BCUT2D eigenvalue weighted by Gasteiger charge is -2.20. The Balaban J connectivity index is 3.22. The summed E-state index contributed by atoms with van der Waals surface area (Å²) in [6, 6.07) is 2.49. The number of amides is 1. The van der Waals surface area contributed by atoms with E-state index in [0.717, 1.165) is 18.4 Å². The molecule has 17 heavy (non-hydrogen) atoms. The van der Waals surface area contributed by atoms with Crippen molar-refractivity contribution >= 4 is 21.6 Å². The molecule has 0 bridgehead atoms. The fraction of sp³-hybridized carbons (Fsp3) is 0.222. The highest BCUT2D eigenvalue weighted by Gasteiger charge is 2.20. The molecular formula is C9H10F2N2O3S. The van der Waals surface area contributed by atoms with Gasteiger partial charge in [0, 0.05) is 6.07 Å². The van der Waals surface area contributed by atoms with Crippen molar-refractivity contribution in [1.82, 2.24) is 0 Å². The molecule has 0 atom stereocenters. The van der Waals surface area contributed by atoms with Gasteiger partial charge in [0.15, 0.2) is 11.6 Å². The van der Waals surface area contributed by atoms with Crippen LogP contribution in [0.5, 0.6) is 0 Å². The Morgan fingerprint density at radius 2 is 1.94 bits per heavy atom. The van der Waals surface area contributed by atoms with Crippen LogP contribution in [-0.4, -0.2) is 27.1 Å². The van der Waals surface area contributed by atoms with Gasteiger partial charge in [-0.2, -0.15) is 0 Å². The second kappa shape index (κ2) is 4.66. The summed E-state index contributed by atoms with van der Waals surface area (Å²) in [5, 5.41) is 0. The van der Waals surface area contributed by atoms with Crippen LogP contribution in [0.4, 0.5) is 14.5 Å². The molecule has 1 rings (SSSR count). The minimum absolute atomic E-state index is 0.162. The molecule has 8 heteroatoms. The molecule has 5 nitrogen and oxygen atoms in total. The van der Waals surface area contributed by atoms with Gasteiger partial charge in [0.2, 0.25) is 15.9 Å². The first-order chi connectivity index (χ1) is 7.71. The zero-order valence-electron chi connectivity index (χ0n) is 8.85. The number of halogens is 2. The molecule has 1 amide bonds. The van der Waals surface area contributed by atoms with E-state index in [1.165, 1.54) is 0 Å². The fourth-order valence-corrected chi connectivity index (χ4v) is 2.04. The molecular weight excluding hydrogens is 254 g/mol. The van der Waals surface area contributed by atoms with Crippen molar-refractivity contribution in [1.29, 1.82) is 0 Å². The van der Waals surface area contributed by atoms with Gasteiger partial charge in [-0.25, -0.2) is 17.2 Å². The Labute approximate surface area is 96.9 Å². The molecule has 0 radical (unpaired) electrons. The smallest absolute Gasteiger partial charge is 0.238 e. The average Bonchev–Trinajstić information content (AvgIpc) is 2.17. The van der Waals surface area contributed by atoms with E-state index in [-0.39, 0.29) is 5.69 Å². The van der Waals surface area contributed by atoms with Gasteiger partial charge < -0.3 is 5.73 Å². The zero-order valence-corrected chi connectivity index (χ0v) is 9.67. The highest BCUT2D eigenvalue weighted by Crippen LogP contribution is 2.19. The third kappa shape index (κ3) is 3.38. The van der Waals surface area contributed by atoms with Gasteiger partial charge in [0.1, 0.15) is 6.54 Å². The van der Waals surface area contributed by atoms with Crippen LogP contribution in [0.3, 0.4) is 0 Å². The number of hydrogen-bond acceptors (Lipinski definition) is 3. The summed E-state index contributed by atoms with van der Waals surface area (Å²) in [5.74, 6) is -3.22. The average molecular weight is 264 g/mol. The lowest BCUT2D eigenvalue weighted by molar-refractivity contribution is -0.116. The Morgan fingerprint density at radius 1 is 1.35 bits per heavy atom. The molecule has 0 spiro atoms. The standard InChI is InChI=1S/C9H10F2N2O3S/c1-17(15,16)13(5-9(12)14)6-2-3-7(10)8(11)4-6/h2-4H,5H2,1H3,(H2,12,14). The summed E-state index contributed by atoms with van der Waals surface area (Å²) in [4.78, 5) is 10.7. The number of carbonyl (C=O) groups is 1. The molecule has 0 saturated heterocycles. The van der Waals surface area contributed by atoms with Crippen molar-refractivity contribution in [3.05, 3.63) is 29.8 Å². The Morgan fingerprint density at radius 3 is 2.35 bits per heavy atom. The van der Waals surface area contributed by atoms with Gasteiger partial charge in [0.05, 0.1) is 11.9 Å². The summed E-state index contributed by atoms with van der Waals surface area (Å²) in [6.45, 7) is -0.635. The number of carbonyl (C=O) groups excluding carboxylic acids is 1. The predicted octanol–water partition coefficient (Wildman–Crippen LogP) is 0.216. The summed E-state index contributed by atoms with van der Waals surface area (Å²) in [7, 11) is -3.80. The van der Waals surface area contributed by atoms with Gasteiger partial charge >= 0.3 is 0 Å². The van der Waals surface area contributed by atoms with Crippen LogP contribution in [0, 0.1) is 11.6 Å². The number of primary amides is 1. The lowest BCUT2D eigenvalue weighted by Crippen LogP contribution is -2.37. The van der Waals surface area contributed by atoms with E-state index < -0.39 is 34.1 Å². The molecule has 1 aromatic rings. The minimum atomic E-state index is -3.80. The molecule has 0 heterocycles. The SMILES string of the molecule is CS(=O)(=O)N(CC(N)=O)c1ccc(F)c(F)c1. The third-order valence-electron chi connectivity index (χ3n) is 1.89. The fourth-order valence-electron chi connectivity index (χ4n) is 1.18. The Bertz CT molecular complexity index is 545. The van der Waals surface area contributed by atoms with Crippen molar-refractivity contribution in [2.45, 2.75) is 0 Å². The maximum atomic E-state index is 13.0. The number of nitrogens with zero attached hydrogens (tertiary/aromatic N) is 1. The number of anilines is 1. The second-order valence-electron chi connectivity index (χ2n) is 3.33.